The number of carbonyl (C=O) groups excluding carboxylic acids is 1. The van der Waals surface area contributed by atoms with Crippen LogP contribution in [0, 0.1) is 5.92 Å². The largest absolute Gasteiger partial charge is 0.319 e. The van der Waals surface area contributed by atoms with Gasteiger partial charge in [-0.1, -0.05) is 0 Å². The predicted molar refractivity (Wildman–Crippen MR) is 101 cm³/mol. The van der Waals surface area contributed by atoms with Gasteiger partial charge in [-0.2, -0.15) is 4.31 Å². The highest BCUT2D eigenvalue weighted by molar-refractivity contribution is 7.89. The molecular formula is C17H26ClN3O3S. The van der Waals surface area contributed by atoms with Crippen molar-refractivity contribution in [2.24, 2.45) is 5.92 Å². The Morgan fingerprint density at radius 2 is 1.92 bits per heavy atom. The minimum absolute atomic E-state index is 0. The molecule has 2 heterocycles. The van der Waals surface area contributed by atoms with E-state index in [0.717, 1.165) is 30.6 Å². The topological polar surface area (TPSA) is 69.7 Å². The summed E-state index contributed by atoms with van der Waals surface area (Å²) < 4.78 is 27.4. The minimum atomic E-state index is -3.45. The van der Waals surface area contributed by atoms with Crippen LogP contribution in [-0.4, -0.2) is 51.9 Å². The zero-order chi connectivity index (χ0) is 17.3. The molecule has 1 aromatic rings. The number of benzene rings is 1. The Balaban J connectivity index is 0.00000225. The quantitative estimate of drug-likeness (QED) is 0.852. The molecule has 0 saturated carbocycles. The maximum Gasteiger partial charge on any atom is 0.243 e. The van der Waals surface area contributed by atoms with Gasteiger partial charge in [-0.15, -0.1) is 12.4 Å². The van der Waals surface area contributed by atoms with Gasteiger partial charge in [-0.05, 0) is 62.5 Å². The van der Waals surface area contributed by atoms with E-state index in [9.17, 15) is 13.2 Å². The summed E-state index contributed by atoms with van der Waals surface area (Å²) in [5, 5.41) is 3.16. The number of carbonyl (C=O) groups is 1. The summed E-state index contributed by atoms with van der Waals surface area (Å²) in [4.78, 5) is 13.7. The lowest BCUT2D eigenvalue weighted by atomic mass is 9.98. The molecule has 6 nitrogen and oxygen atoms in total. The fourth-order valence-corrected chi connectivity index (χ4v) is 5.18. The first-order valence-electron chi connectivity index (χ1n) is 8.49. The summed E-state index contributed by atoms with van der Waals surface area (Å²) in [6.45, 7) is 4.25. The Bertz CT molecular complexity index is 731. The Morgan fingerprint density at radius 1 is 1.24 bits per heavy atom. The molecule has 140 valence electrons. The van der Waals surface area contributed by atoms with Crippen LogP contribution in [0.2, 0.25) is 0 Å². The van der Waals surface area contributed by atoms with Crippen molar-refractivity contribution in [3.63, 3.8) is 0 Å². The number of piperidine rings is 1. The van der Waals surface area contributed by atoms with E-state index in [1.165, 1.54) is 6.92 Å². The smallest absolute Gasteiger partial charge is 0.243 e. The number of nitrogens with one attached hydrogen (secondary N) is 1. The van der Waals surface area contributed by atoms with Gasteiger partial charge in [-0.3, -0.25) is 4.79 Å². The van der Waals surface area contributed by atoms with Crippen LogP contribution in [0.4, 0.5) is 5.69 Å². The van der Waals surface area contributed by atoms with Gasteiger partial charge in [0.25, 0.3) is 0 Å². The molecule has 1 aromatic carbocycles. The Kier molecular flexibility index (Phi) is 6.48. The van der Waals surface area contributed by atoms with Gasteiger partial charge in [0, 0.05) is 32.2 Å². The first-order valence-corrected chi connectivity index (χ1v) is 9.93. The summed E-state index contributed by atoms with van der Waals surface area (Å²) in [5.41, 5.74) is 1.78. The van der Waals surface area contributed by atoms with E-state index < -0.39 is 10.0 Å². The molecule has 0 unspecified atom stereocenters. The number of amides is 1. The van der Waals surface area contributed by atoms with Crippen molar-refractivity contribution in [2.45, 2.75) is 31.1 Å². The van der Waals surface area contributed by atoms with Crippen LogP contribution >= 0.6 is 12.4 Å². The lowest BCUT2D eigenvalue weighted by molar-refractivity contribution is -0.116. The average Bonchev–Trinajstić information content (AvgIpc) is 2.99. The molecule has 0 bridgehead atoms. The van der Waals surface area contributed by atoms with E-state index in [-0.39, 0.29) is 18.3 Å². The average molecular weight is 388 g/mol. The van der Waals surface area contributed by atoms with Crippen molar-refractivity contribution < 1.29 is 13.2 Å². The van der Waals surface area contributed by atoms with Gasteiger partial charge in [0.05, 0.1) is 4.90 Å². The second kappa shape index (κ2) is 8.03. The van der Waals surface area contributed by atoms with Gasteiger partial charge in [0.1, 0.15) is 0 Å². The van der Waals surface area contributed by atoms with E-state index in [1.807, 2.05) is 7.05 Å². The number of anilines is 1. The van der Waals surface area contributed by atoms with Crippen LogP contribution in [0.5, 0.6) is 0 Å². The molecule has 3 rings (SSSR count). The lowest BCUT2D eigenvalue weighted by Crippen LogP contribution is -2.40. The molecule has 0 aromatic heterocycles. The first kappa shape index (κ1) is 20.2. The number of hydrogen-bond acceptors (Lipinski definition) is 4. The van der Waals surface area contributed by atoms with Crippen LogP contribution in [0.3, 0.4) is 0 Å². The summed E-state index contributed by atoms with van der Waals surface area (Å²) >= 11 is 0. The normalized spacial score (nSPS) is 18.7. The number of sulfonamides is 1. The molecule has 8 heteroatoms. The molecule has 1 saturated heterocycles. The van der Waals surface area contributed by atoms with Crippen LogP contribution in [0.15, 0.2) is 23.1 Å². The van der Waals surface area contributed by atoms with Crippen molar-refractivity contribution in [2.75, 3.05) is 38.1 Å². The van der Waals surface area contributed by atoms with E-state index in [0.29, 0.717) is 36.9 Å². The molecule has 2 aliphatic heterocycles. The molecule has 0 aliphatic carbocycles. The standard InChI is InChI=1S/C17H25N3O3S.ClH/c1-13(21)20-10-7-15-11-16(3-4-17(15)20)24(22,23)19-8-5-14(6-9-19)12-18-2;/h3-4,11,14,18H,5-10,12H2,1-2H3;1H. The SMILES string of the molecule is CNCC1CCN(S(=O)(=O)c2ccc3c(c2)CCN3C(C)=O)CC1.Cl. The number of fused-ring (bicyclic) bond motifs is 1. The number of halogens is 1. The third kappa shape index (κ3) is 4.00. The Hall–Kier alpha value is -1.15. The number of nitrogens with zero attached hydrogens (tertiary/aromatic N) is 2. The number of hydrogen-bond donors (Lipinski definition) is 1. The number of rotatable bonds is 4. The van der Waals surface area contributed by atoms with Crippen LogP contribution < -0.4 is 10.2 Å². The highest BCUT2D eigenvalue weighted by Gasteiger charge is 2.31. The lowest BCUT2D eigenvalue weighted by Gasteiger charge is -2.31. The summed E-state index contributed by atoms with van der Waals surface area (Å²) in [6, 6.07) is 5.15. The van der Waals surface area contributed by atoms with Crippen molar-refractivity contribution in [3.05, 3.63) is 23.8 Å². The minimum Gasteiger partial charge on any atom is -0.319 e. The summed E-state index contributed by atoms with van der Waals surface area (Å²) in [5.74, 6) is 0.543. The van der Waals surface area contributed by atoms with Crippen molar-refractivity contribution in [1.82, 2.24) is 9.62 Å². The Labute approximate surface area is 156 Å². The van der Waals surface area contributed by atoms with Crippen LogP contribution in [-0.2, 0) is 21.2 Å². The third-order valence-corrected chi connectivity index (χ3v) is 6.93. The first-order chi connectivity index (χ1) is 11.4. The monoisotopic (exact) mass is 387 g/mol. The highest BCUT2D eigenvalue weighted by Crippen LogP contribution is 2.32. The maximum atomic E-state index is 12.9. The second-order valence-corrected chi connectivity index (χ2v) is 8.55. The third-order valence-electron chi connectivity index (χ3n) is 5.03. The molecule has 0 radical (unpaired) electrons. The van der Waals surface area contributed by atoms with E-state index in [1.54, 1.807) is 27.4 Å². The molecule has 0 atom stereocenters. The van der Waals surface area contributed by atoms with Crippen molar-refractivity contribution in [3.8, 4) is 0 Å². The fraction of sp³-hybridized carbons (Fsp3) is 0.588. The summed E-state index contributed by atoms with van der Waals surface area (Å²) in [6.07, 6.45) is 2.49. The van der Waals surface area contributed by atoms with Gasteiger partial charge >= 0.3 is 0 Å². The predicted octanol–water partition coefficient (Wildman–Crippen LogP) is 1.64. The van der Waals surface area contributed by atoms with E-state index in [4.69, 9.17) is 0 Å². The van der Waals surface area contributed by atoms with Gasteiger partial charge in [-0.25, -0.2) is 8.42 Å². The van der Waals surface area contributed by atoms with Gasteiger partial charge in [0.2, 0.25) is 15.9 Å². The maximum absolute atomic E-state index is 12.9. The molecule has 25 heavy (non-hydrogen) atoms. The molecule has 2 aliphatic rings. The fourth-order valence-electron chi connectivity index (χ4n) is 3.66. The van der Waals surface area contributed by atoms with Gasteiger partial charge in [0.15, 0.2) is 0 Å². The molecule has 1 amide bonds. The van der Waals surface area contributed by atoms with E-state index >= 15 is 0 Å². The van der Waals surface area contributed by atoms with Crippen LogP contribution in [0.1, 0.15) is 25.3 Å². The van der Waals surface area contributed by atoms with Crippen molar-refractivity contribution >= 4 is 34.0 Å². The van der Waals surface area contributed by atoms with E-state index in [2.05, 4.69) is 5.32 Å². The van der Waals surface area contributed by atoms with Gasteiger partial charge < -0.3 is 10.2 Å². The molecule has 1 N–H and O–H groups in total. The zero-order valence-electron chi connectivity index (χ0n) is 14.7. The molecule has 0 spiro atoms. The van der Waals surface area contributed by atoms with Crippen molar-refractivity contribution in [1.29, 1.82) is 0 Å². The molecular weight excluding hydrogens is 362 g/mol. The zero-order valence-corrected chi connectivity index (χ0v) is 16.3. The second-order valence-electron chi connectivity index (χ2n) is 6.62. The van der Waals surface area contributed by atoms with Crippen LogP contribution in [0.25, 0.3) is 0 Å². The highest BCUT2D eigenvalue weighted by atomic mass is 35.5. The summed E-state index contributed by atoms with van der Waals surface area (Å²) in [7, 11) is -1.52. The molecule has 1 fully saturated rings. The Morgan fingerprint density at radius 3 is 2.52 bits per heavy atom.